The molecule has 96 valence electrons. The van der Waals surface area contributed by atoms with Gasteiger partial charge < -0.3 is 14.8 Å². The van der Waals surface area contributed by atoms with Crippen LogP contribution >= 0.6 is 15.9 Å². The smallest absolute Gasteiger partial charge is 0.337 e. The van der Waals surface area contributed by atoms with Gasteiger partial charge in [-0.15, -0.1) is 0 Å². The summed E-state index contributed by atoms with van der Waals surface area (Å²) < 4.78 is 2.90. The standard InChI is InChI=1S/C13H14BrNO3/c1-3-15-7(2)10(12(16)13(17)18)8-5-4-6-9(14)11(8)15/h4-6,12,16H,3H2,1-2H3,(H,17,18). The Morgan fingerprint density at radius 3 is 2.72 bits per heavy atom. The van der Waals surface area contributed by atoms with Crippen LogP contribution in [0.2, 0.25) is 0 Å². The molecule has 1 aromatic heterocycles. The van der Waals surface area contributed by atoms with Crippen LogP contribution in [0.15, 0.2) is 22.7 Å². The van der Waals surface area contributed by atoms with Gasteiger partial charge in [0.15, 0.2) is 6.10 Å². The molecule has 0 aliphatic heterocycles. The third-order valence-electron chi connectivity index (χ3n) is 3.17. The maximum Gasteiger partial charge on any atom is 0.337 e. The van der Waals surface area contributed by atoms with Gasteiger partial charge in [0.25, 0.3) is 0 Å². The quantitative estimate of drug-likeness (QED) is 0.916. The van der Waals surface area contributed by atoms with E-state index in [9.17, 15) is 9.90 Å². The molecule has 2 rings (SSSR count). The first-order chi connectivity index (χ1) is 8.49. The van der Waals surface area contributed by atoms with Crippen molar-refractivity contribution >= 4 is 32.8 Å². The average Bonchev–Trinajstić information content (AvgIpc) is 2.61. The SMILES string of the molecule is CCn1c(C)c(C(O)C(=O)O)c2cccc(Br)c21. The number of para-hydroxylation sites is 1. The predicted octanol–water partition coefficient (Wildman–Crippen LogP) is 2.85. The Kier molecular flexibility index (Phi) is 3.45. The lowest BCUT2D eigenvalue weighted by atomic mass is 10.1. The number of carboxylic acid groups (broad SMARTS) is 1. The number of fused-ring (bicyclic) bond motifs is 1. The number of aliphatic hydroxyl groups excluding tert-OH is 1. The largest absolute Gasteiger partial charge is 0.479 e. The number of halogens is 1. The van der Waals surface area contributed by atoms with Crippen molar-refractivity contribution in [2.24, 2.45) is 0 Å². The first kappa shape index (κ1) is 13.1. The van der Waals surface area contributed by atoms with E-state index in [4.69, 9.17) is 5.11 Å². The number of carboxylic acids is 1. The van der Waals surface area contributed by atoms with Crippen LogP contribution < -0.4 is 0 Å². The molecular weight excluding hydrogens is 298 g/mol. The first-order valence-electron chi connectivity index (χ1n) is 5.67. The topological polar surface area (TPSA) is 62.5 Å². The van der Waals surface area contributed by atoms with E-state index in [0.717, 1.165) is 27.6 Å². The summed E-state index contributed by atoms with van der Waals surface area (Å²) >= 11 is 3.47. The lowest BCUT2D eigenvalue weighted by molar-refractivity contribution is -0.146. The van der Waals surface area contributed by atoms with Crippen molar-refractivity contribution in [2.45, 2.75) is 26.5 Å². The molecule has 1 heterocycles. The summed E-state index contributed by atoms with van der Waals surface area (Å²) in [5.41, 5.74) is 2.18. The molecule has 1 aromatic carbocycles. The summed E-state index contributed by atoms with van der Waals surface area (Å²) in [5, 5.41) is 19.6. The Hall–Kier alpha value is -1.33. The number of hydrogen-bond donors (Lipinski definition) is 2. The van der Waals surface area contributed by atoms with Gasteiger partial charge in [-0.25, -0.2) is 4.79 Å². The third-order valence-corrected chi connectivity index (χ3v) is 3.81. The van der Waals surface area contributed by atoms with Crippen LogP contribution in [0, 0.1) is 6.92 Å². The zero-order chi connectivity index (χ0) is 13.4. The first-order valence-corrected chi connectivity index (χ1v) is 6.46. The normalized spacial score (nSPS) is 12.9. The fourth-order valence-electron chi connectivity index (χ4n) is 2.38. The van der Waals surface area contributed by atoms with Crippen molar-refractivity contribution in [3.8, 4) is 0 Å². The van der Waals surface area contributed by atoms with Crippen LogP contribution in [-0.2, 0) is 11.3 Å². The molecule has 2 N–H and O–H groups in total. The van der Waals surface area contributed by atoms with E-state index in [1.807, 2.05) is 36.6 Å². The molecule has 0 fully saturated rings. The summed E-state index contributed by atoms with van der Waals surface area (Å²) in [7, 11) is 0. The number of aryl methyl sites for hydroxylation is 1. The van der Waals surface area contributed by atoms with Gasteiger partial charge in [0.2, 0.25) is 0 Å². The molecule has 0 aliphatic rings. The van der Waals surface area contributed by atoms with Crippen molar-refractivity contribution in [1.82, 2.24) is 4.57 Å². The minimum absolute atomic E-state index is 0.473. The molecule has 0 spiro atoms. The minimum atomic E-state index is -1.49. The van der Waals surface area contributed by atoms with Crippen LogP contribution in [0.4, 0.5) is 0 Å². The van der Waals surface area contributed by atoms with E-state index in [1.165, 1.54) is 0 Å². The van der Waals surface area contributed by atoms with Crippen LogP contribution in [0.3, 0.4) is 0 Å². The Morgan fingerprint density at radius 1 is 1.50 bits per heavy atom. The molecule has 0 radical (unpaired) electrons. The maximum absolute atomic E-state index is 11.0. The van der Waals surface area contributed by atoms with E-state index in [2.05, 4.69) is 15.9 Å². The lowest BCUT2D eigenvalue weighted by Gasteiger charge is -2.07. The van der Waals surface area contributed by atoms with Gasteiger partial charge in [0.1, 0.15) is 0 Å². The molecule has 4 nitrogen and oxygen atoms in total. The summed E-state index contributed by atoms with van der Waals surface area (Å²) in [6.45, 7) is 4.54. The highest BCUT2D eigenvalue weighted by molar-refractivity contribution is 9.10. The highest BCUT2D eigenvalue weighted by atomic mass is 79.9. The van der Waals surface area contributed by atoms with E-state index in [0.29, 0.717) is 5.56 Å². The Bertz CT molecular complexity index is 618. The average molecular weight is 312 g/mol. The van der Waals surface area contributed by atoms with E-state index in [-0.39, 0.29) is 0 Å². The van der Waals surface area contributed by atoms with Crippen molar-refractivity contribution in [1.29, 1.82) is 0 Å². The molecule has 0 aliphatic carbocycles. The van der Waals surface area contributed by atoms with E-state index >= 15 is 0 Å². The maximum atomic E-state index is 11.0. The summed E-state index contributed by atoms with van der Waals surface area (Å²) in [4.78, 5) is 11.0. The van der Waals surface area contributed by atoms with Crippen LogP contribution in [0.5, 0.6) is 0 Å². The lowest BCUT2D eigenvalue weighted by Crippen LogP contribution is -2.11. The van der Waals surface area contributed by atoms with Gasteiger partial charge in [0.05, 0.1) is 5.52 Å². The summed E-state index contributed by atoms with van der Waals surface area (Å²) in [5.74, 6) is -1.23. The van der Waals surface area contributed by atoms with Gasteiger partial charge in [-0.1, -0.05) is 12.1 Å². The molecule has 0 amide bonds. The number of nitrogens with zero attached hydrogens (tertiary/aromatic N) is 1. The molecular formula is C13H14BrNO3. The van der Waals surface area contributed by atoms with Crippen LogP contribution in [-0.4, -0.2) is 20.7 Å². The second-order valence-electron chi connectivity index (χ2n) is 4.12. The van der Waals surface area contributed by atoms with Gasteiger partial charge in [0, 0.05) is 27.7 Å². The minimum Gasteiger partial charge on any atom is -0.479 e. The molecule has 0 bridgehead atoms. The Labute approximate surface area is 113 Å². The number of aromatic nitrogens is 1. The second-order valence-corrected chi connectivity index (χ2v) is 4.97. The Balaban J connectivity index is 2.86. The summed E-state index contributed by atoms with van der Waals surface area (Å²) in [6, 6.07) is 5.58. The second kappa shape index (κ2) is 4.74. The third kappa shape index (κ3) is 1.83. The fraction of sp³-hybridized carbons (Fsp3) is 0.308. The number of hydrogen-bond acceptors (Lipinski definition) is 2. The van der Waals surface area contributed by atoms with E-state index < -0.39 is 12.1 Å². The number of rotatable bonds is 3. The Morgan fingerprint density at radius 2 is 2.17 bits per heavy atom. The van der Waals surface area contributed by atoms with Crippen molar-refractivity contribution < 1.29 is 15.0 Å². The predicted molar refractivity (Wildman–Crippen MR) is 72.6 cm³/mol. The molecule has 1 atom stereocenters. The number of benzene rings is 1. The van der Waals surface area contributed by atoms with Gasteiger partial charge >= 0.3 is 5.97 Å². The van der Waals surface area contributed by atoms with Gasteiger partial charge in [-0.2, -0.15) is 0 Å². The monoisotopic (exact) mass is 311 g/mol. The molecule has 18 heavy (non-hydrogen) atoms. The van der Waals surface area contributed by atoms with Crippen LogP contribution in [0.25, 0.3) is 10.9 Å². The zero-order valence-electron chi connectivity index (χ0n) is 10.1. The highest BCUT2D eigenvalue weighted by Crippen LogP contribution is 2.34. The number of carbonyl (C=O) groups is 1. The van der Waals surface area contributed by atoms with Gasteiger partial charge in [-0.3, -0.25) is 0 Å². The number of aliphatic hydroxyl groups is 1. The molecule has 5 heteroatoms. The molecule has 0 saturated heterocycles. The number of aliphatic carboxylic acids is 1. The highest BCUT2D eigenvalue weighted by Gasteiger charge is 2.25. The summed E-state index contributed by atoms with van der Waals surface area (Å²) in [6.07, 6.45) is -1.49. The molecule has 2 aromatic rings. The van der Waals surface area contributed by atoms with Crippen LogP contribution in [0.1, 0.15) is 24.3 Å². The zero-order valence-corrected chi connectivity index (χ0v) is 11.7. The van der Waals surface area contributed by atoms with Crippen molar-refractivity contribution in [3.63, 3.8) is 0 Å². The van der Waals surface area contributed by atoms with Gasteiger partial charge in [-0.05, 0) is 35.8 Å². The van der Waals surface area contributed by atoms with E-state index in [1.54, 1.807) is 0 Å². The van der Waals surface area contributed by atoms with Crippen molar-refractivity contribution in [2.75, 3.05) is 0 Å². The fourth-order valence-corrected chi connectivity index (χ4v) is 2.96. The molecule has 1 unspecified atom stereocenters. The molecule has 0 saturated carbocycles. The van der Waals surface area contributed by atoms with Crippen molar-refractivity contribution in [3.05, 3.63) is 33.9 Å².